The molecule has 0 aliphatic heterocycles. The number of allylic oxidation sites excluding steroid dienone is 6. The van der Waals surface area contributed by atoms with Gasteiger partial charge in [-0.3, -0.25) is 4.79 Å². The molecule has 0 aliphatic rings. The Balaban J connectivity index is 4.34. The minimum atomic E-state index is -0.158. The molecule has 0 rings (SSSR count). The third-order valence-corrected chi connectivity index (χ3v) is 7.37. The molecule has 1 unspecified atom stereocenters. The van der Waals surface area contributed by atoms with Gasteiger partial charge in [0.05, 0.1) is 0 Å². The summed E-state index contributed by atoms with van der Waals surface area (Å²) < 4.78 is 5.97. The summed E-state index contributed by atoms with van der Waals surface area (Å²) in [5, 5.41) is 0. The van der Waals surface area contributed by atoms with Crippen molar-refractivity contribution in [3.8, 4) is 0 Å². The van der Waals surface area contributed by atoms with Gasteiger partial charge < -0.3 is 4.74 Å². The third kappa shape index (κ3) is 27.8. The fourth-order valence-corrected chi connectivity index (χ4v) is 4.84. The predicted octanol–water partition coefficient (Wildman–Crippen LogP) is 12.5. The molecule has 0 amide bonds. The second-order valence-electron chi connectivity index (χ2n) is 12.3. The van der Waals surface area contributed by atoms with Crippen LogP contribution in [0.4, 0.5) is 0 Å². The van der Waals surface area contributed by atoms with Gasteiger partial charge in [-0.2, -0.15) is 0 Å². The number of hydrogen-bond donors (Lipinski definition) is 0. The fourth-order valence-electron chi connectivity index (χ4n) is 4.84. The number of esters is 1. The van der Waals surface area contributed by atoms with Gasteiger partial charge in [-0.25, -0.2) is 0 Å². The zero-order valence-corrected chi connectivity index (χ0v) is 27.3. The highest BCUT2D eigenvalue weighted by Crippen LogP contribution is 2.17. The standard InChI is InChI=1S/C37H66O2/c1-8-9-10-11-12-13-14-15-16-17-18-19-20-21-28-37(38)39-36(31-35(7)27-23-25-33(4)5)30-29-34(6)26-22-24-32(2)3/h24-25,29,31,36H,8-23,26-28,30H2,1-7H3. The van der Waals surface area contributed by atoms with Crippen LogP contribution in [-0.4, -0.2) is 12.1 Å². The minimum Gasteiger partial charge on any atom is -0.458 e. The third-order valence-electron chi connectivity index (χ3n) is 7.37. The van der Waals surface area contributed by atoms with Crippen LogP contribution in [-0.2, 0) is 9.53 Å². The zero-order valence-electron chi connectivity index (χ0n) is 27.3. The zero-order chi connectivity index (χ0) is 29.1. The van der Waals surface area contributed by atoms with E-state index in [0.29, 0.717) is 6.42 Å². The van der Waals surface area contributed by atoms with Gasteiger partial charge in [0.2, 0.25) is 0 Å². The monoisotopic (exact) mass is 543 g/mol. The summed E-state index contributed by atoms with van der Waals surface area (Å²) in [7, 11) is 0. The Morgan fingerprint density at radius 1 is 0.564 bits per heavy atom. The predicted molar refractivity (Wildman–Crippen MR) is 174 cm³/mol. The highest BCUT2D eigenvalue weighted by molar-refractivity contribution is 5.69. The van der Waals surface area contributed by atoms with Gasteiger partial charge in [0, 0.05) is 12.8 Å². The van der Waals surface area contributed by atoms with Gasteiger partial charge in [0.25, 0.3) is 0 Å². The average molecular weight is 543 g/mol. The minimum absolute atomic E-state index is 0.0390. The van der Waals surface area contributed by atoms with E-state index in [0.717, 1.165) is 44.9 Å². The van der Waals surface area contributed by atoms with Crippen molar-refractivity contribution in [2.24, 2.45) is 0 Å². The van der Waals surface area contributed by atoms with E-state index in [-0.39, 0.29) is 12.1 Å². The van der Waals surface area contributed by atoms with Crippen molar-refractivity contribution in [3.05, 3.63) is 46.6 Å². The van der Waals surface area contributed by atoms with E-state index in [9.17, 15) is 4.79 Å². The van der Waals surface area contributed by atoms with Crippen molar-refractivity contribution >= 4 is 5.97 Å². The quantitative estimate of drug-likeness (QED) is 0.0651. The molecule has 226 valence electrons. The van der Waals surface area contributed by atoms with Crippen LogP contribution in [0.1, 0.15) is 177 Å². The first kappa shape index (κ1) is 37.4. The van der Waals surface area contributed by atoms with Crippen molar-refractivity contribution in [2.75, 3.05) is 0 Å². The summed E-state index contributed by atoms with van der Waals surface area (Å²) in [6.07, 6.45) is 33.0. The summed E-state index contributed by atoms with van der Waals surface area (Å²) in [5.41, 5.74) is 5.40. The van der Waals surface area contributed by atoms with Crippen LogP contribution in [0.2, 0.25) is 0 Å². The molecule has 1 atom stereocenters. The van der Waals surface area contributed by atoms with Crippen LogP contribution >= 0.6 is 0 Å². The molecular weight excluding hydrogens is 476 g/mol. The van der Waals surface area contributed by atoms with E-state index in [4.69, 9.17) is 4.74 Å². The molecule has 0 fully saturated rings. The number of hydrogen-bond acceptors (Lipinski definition) is 2. The Labute approximate surface area is 244 Å². The molecule has 2 nitrogen and oxygen atoms in total. The van der Waals surface area contributed by atoms with Crippen molar-refractivity contribution in [1.29, 1.82) is 0 Å². The molecule has 0 radical (unpaired) electrons. The summed E-state index contributed by atoms with van der Waals surface area (Å²) >= 11 is 0. The molecule has 2 heteroatoms. The largest absolute Gasteiger partial charge is 0.458 e. The van der Waals surface area contributed by atoms with Crippen LogP contribution in [0.5, 0.6) is 0 Å². The second-order valence-corrected chi connectivity index (χ2v) is 12.3. The summed E-state index contributed by atoms with van der Waals surface area (Å²) in [4.78, 5) is 12.7. The molecule has 0 spiro atoms. The number of carbonyl (C=O) groups is 1. The van der Waals surface area contributed by atoms with E-state index in [1.807, 2.05) is 0 Å². The molecule has 0 bridgehead atoms. The number of unbranched alkanes of at least 4 members (excludes halogenated alkanes) is 13. The lowest BCUT2D eigenvalue weighted by molar-refractivity contribution is -0.146. The molecule has 39 heavy (non-hydrogen) atoms. The molecule has 0 saturated heterocycles. The lowest BCUT2D eigenvalue weighted by Gasteiger charge is -2.15. The molecule has 0 N–H and O–H groups in total. The van der Waals surface area contributed by atoms with Gasteiger partial charge in [-0.15, -0.1) is 0 Å². The highest BCUT2D eigenvalue weighted by Gasteiger charge is 2.12. The van der Waals surface area contributed by atoms with Crippen LogP contribution in [0, 0.1) is 0 Å². The molecule has 0 saturated carbocycles. The molecule has 0 aromatic rings. The van der Waals surface area contributed by atoms with Crippen molar-refractivity contribution in [2.45, 2.75) is 183 Å². The number of carbonyl (C=O) groups excluding carboxylic acids is 1. The second kappa shape index (κ2) is 26.6. The smallest absolute Gasteiger partial charge is 0.306 e. The van der Waals surface area contributed by atoms with Crippen molar-refractivity contribution < 1.29 is 9.53 Å². The van der Waals surface area contributed by atoms with Crippen molar-refractivity contribution in [3.63, 3.8) is 0 Å². The maximum absolute atomic E-state index is 12.7. The Bertz CT molecular complexity index is 714. The van der Waals surface area contributed by atoms with E-state index in [1.165, 1.54) is 99.3 Å². The van der Waals surface area contributed by atoms with Gasteiger partial charge >= 0.3 is 5.97 Å². The molecule has 0 heterocycles. The van der Waals surface area contributed by atoms with Crippen LogP contribution in [0.25, 0.3) is 0 Å². The number of rotatable bonds is 25. The lowest BCUT2D eigenvalue weighted by Crippen LogP contribution is -2.16. The maximum atomic E-state index is 12.7. The average Bonchev–Trinajstić information content (AvgIpc) is 2.87. The highest BCUT2D eigenvalue weighted by atomic mass is 16.5. The van der Waals surface area contributed by atoms with Gasteiger partial charge in [0.15, 0.2) is 0 Å². The first-order valence-corrected chi connectivity index (χ1v) is 16.5. The Kier molecular flexibility index (Phi) is 25.6. The van der Waals surface area contributed by atoms with Gasteiger partial charge in [0.1, 0.15) is 6.10 Å². The molecular formula is C37H66O2. The van der Waals surface area contributed by atoms with E-state index >= 15 is 0 Å². The summed E-state index contributed by atoms with van der Waals surface area (Å²) in [6, 6.07) is 0. The van der Waals surface area contributed by atoms with Crippen LogP contribution in [0.15, 0.2) is 46.6 Å². The topological polar surface area (TPSA) is 26.3 Å². The van der Waals surface area contributed by atoms with E-state index < -0.39 is 0 Å². The lowest BCUT2D eigenvalue weighted by atomic mass is 10.0. The number of ether oxygens (including phenoxy) is 1. The molecule has 0 aromatic heterocycles. The van der Waals surface area contributed by atoms with Gasteiger partial charge in [-0.05, 0) is 79.7 Å². The maximum Gasteiger partial charge on any atom is 0.306 e. The Hall–Kier alpha value is -1.57. The summed E-state index contributed by atoms with van der Waals surface area (Å²) in [6.45, 7) is 15.2. The van der Waals surface area contributed by atoms with E-state index in [1.54, 1.807) is 0 Å². The van der Waals surface area contributed by atoms with Crippen molar-refractivity contribution in [1.82, 2.24) is 0 Å². The van der Waals surface area contributed by atoms with Crippen LogP contribution in [0.3, 0.4) is 0 Å². The fraction of sp³-hybridized carbons (Fsp3) is 0.757. The normalized spacial score (nSPS) is 12.8. The van der Waals surface area contributed by atoms with Gasteiger partial charge in [-0.1, -0.05) is 131 Å². The Morgan fingerprint density at radius 2 is 1.00 bits per heavy atom. The van der Waals surface area contributed by atoms with E-state index in [2.05, 4.69) is 72.8 Å². The summed E-state index contributed by atoms with van der Waals surface area (Å²) in [5.74, 6) is -0.0390. The first-order valence-electron chi connectivity index (χ1n) is 16.5. The SMILES string of the molecule is CCCCCCCCCCCCCCCCC(=O)OC(C=C(C)CCC=C(C)C)CC=C(C)CCC=C(C)C. The van der Waals surface area contributed by atoms with Crippen LogP contribution < -0.4 is 0 Å². The first-order chi connectivity index (χ1) is 18.7. The Morgan fingerprint density at radius 3 is 1.46 bits per heavy atom. The molecule has 0 aliphatic carbocycles. The molecule has 0 aromatic carbocycles.